The van der Waals surface area contributed by atoms with E-state index in [2.05, 4.69) is 5.32 Å². The van der Waals surface area contributed by atoms with Gasteiger partial charge in [-0.05, 0) is 19.8 Å². The fraction of sp³-hybridized carbons (Fsp3) is 0.923. The fourth-order valence-corrected chi connectivity index (χ4v) is 4.39. The third-order valence-corrected chi connectivity index (χ3v) is 5.76. The molecule has 5 nitrogen and oxygen atoms in total. The van der Waals surface area contributed by atoms with Crippen LogP contribution in [-0.2, 0) is 14.8 Å². The molecular weight excluding hydrogens is 302 g/mol. The van der Waals surface area contributed by atoms with E-state index in [0.29, 0.717) is 19.4 Å². The summed E-state index contributed by atoms with van der Waals surface area (Å²) in [6.07, 6.45) is 1.01. The predicted octanol–water partition coefficient (Wildman–Crippen LogP) is 1.60. The van der Waals surface area contributed by atoms with Crippen LogP contribution in [0.3, 0.4) is 0 Å². The molecule has 0 aliphatic heterocycles. The lowest BCUT2D eigenvalue weighted by molar-refractivity contribution is -0.121. The molecule has 1 saturated carbocycles. The predicted molar refractivity (Wildman–Crippen MR) is 76.6 cm³/mol. The number of likely N-dealkylation sites (N-methyl/N-ethyl adjacent to an activating group) is 2. The van der Waals surface area contributed by atoms with Gasteiger partial charge in [0, 0.05) is 25.4 Å². The molecule has 1 amide bonds. The maximum atomic E-state index is 13.8. The van der Waals surface area contributed by atoms with Crippen LogP contribution in [0.25, 0.3) is 0 Å². The van der Waals surface area contributed by atoms with Crippen molar-refractivity contribution in [3.63, 3.8) is 0 Å². The number of nitrogens with zero attached hydrogens (tertiary/aromatic N) is 1. The minimum Gasteiger partial charge on any atom is -0.355 e. The first-order valence-electron chi connectivity index (χ1n) is 7.35. The molecule has 0 radical (unpaired) electrons. The second-order valence-electron chi connectivity index (χ2n) is 5.36. The highest BCUT2D eigenvalue weighted by molar-refractivity contribution is 7.89. The minimum atomic E-state index is -3.86. The van der Waals surface area contributed by atoms with Crippen molar-refractivity contribution in [1.82, 2.24) is 9.62 Å². The minimum absolute atomic E-state index is 0.0950. The lowest BCUT2D eigenvalue weighted by atomic mass is 9.87. The Kier molecular flexibility index (Phi) is 6.52. The third kappa shape index (κ3) is 5.18. The fourth-order valence-electron chi connectivity index (χ4n) is 2.55. The number of rotatable bonds is 7. The second-order valence-corrected chi connectivity index (χ2v) is 7.38. The first kappa shape index (κ1) is 18.3. The number of hydrogen-bond acceptors (Lipinski definition) is 3. The smallest absolute Gasteiger partial charge is 0.251 e. The van der Waals surface area contributed by atoms with Crippen LogP contribution < -0.4 is 5.32 Å². The van der Waals surface area contributed by atoms with Crippen LogP contribution in [0, 0.1) is 5.92 Å². The molecule has 0 aromatic carbocycles. The van der Waals surface area contributed by atoms with Gasteiger partial charge in [0.25, 0.3) is 5.92 Å². The van der Waals surface area contributed by atoms with Crippen molar-refractivity contribution >= 4 is 15.9 Å². The van der Waals surface area contributed by atoms with Gasteiger partial charge in [-0.1, -0.05) is 13.3 Å². The number of hydrogen-bond donors (Lipinski definition) is 1. The molecule has 1 rings (SSSR count). The van der Waals surface area contributed by atoms with Crippen LogP contribution in [-0.4, -0.2) is 49.9 Å². The highest BCUT2D eigenvalue weighted by Crippen LogP contribution is 2.39. The molecule has 0 bridgehead atoms. The number of amides is 1. The van der Waals surface area contributed by atoms with Gasteiger partial charge < -0.3 is 5.32 Å². The number of carbonyl (C=O) groups is 1. The molecular formula is C13H24F2N2O3S. The van der Waals surface area contributed by atoms with E-state index >= 15 is 0 Å². The molecule has 1 fully saturated rings. The summed E-state index contributed by atoms with van der Waals surface area (Å²) in [7, 11) is -3.86. The zero-order valence-corrected chi connectivity index (χ0v) is 13.4. The van der Waals surface area contributed by atoms with Crippen molar-refractivity contribution in [2.75, 3.05) is 25.4 Å². The maximum absolute atomic E-state index is 13.8. The van der Waals surface area contributed by atoms with Gasteiger partial charge in [-0.3, -0.25) is 4.79 Å². The van der Waals surface area contributed by atoms with Gasteiger partial charge >= 0.3 is 0 Å². The van der Waals surface area contributed by atoms with Crippen molar-refractivity contribution in [3.05, 3.63) is 0 Å². The third-order valence-electron chi connectivity index (χ3n) is 3.76. The van der Waals surface area contributed by atoms with Crippen molar-refractivity contribution < 1.29 is 22.0 Å². The highest BCUT2D eigenvalue weighted by atomic mass is 32.2. The SMILES string of the molecule is CCNC(=O)CN(CC)S(=O)(=O)C[C@@H]1CCCCC1(F)F. The van der Waals surface area contributed by atoms with Crippen molar-refractivity contribution in [1.29, 1.82) is 0 Å². The van der Waals surface area contributed by atoms with Gasteiger partial charge in [-0.25, -0.2) is 17.2 Å². The van der Waals surface area contributed by atoms with Crippen molar-refractivity contribution in [3.8, 4) is 0 Å². The van der Waals surface area contributed by atoms with Gasteiger partial charge in [-0.15, -0.1) is 0 Å². The Morgan fingerprint density at radius 2 is 2.00 bits per heavy atom. The summed E-state index contributed by atoms with van der Waals surface area (Å²) < 4.78 is 53.1. The van der Waals surface area contributed by atoms with E-state index in [4.69, 9.17) is 0 Å². The Morgan fingerprint density at radius 1 is 1.33 bits per heavy atom. The molecule has 0 aromatic rings. The lowest BCUT2D eigenvalue weighted by Gasteiger charge is -2.32. The molecule has 0 spiro atoms. The van der Waals surface area contributed by atoms with E-state index in [-0.39, 0.29) is 25.9 Å². The Hall–Kier alpha value is -0.760. The van der Waals surface area contributed by atoms with Gasteiger partial charge in [-0.2, -0.15) is 4.31 Å². The van der Waals surface area contributed by atoms with Gasteiger partial charge in [0.1, 0.15) is 0 Å². The first-order chi connectivity index (χ1) is 9.73. The van der Waals surface area contributed by atoms with Crippen molar-refractivity contribution in [2.24, 2.45) is 5.92 Å². The Morgan fingerprint density at radius 3 is 2.52 bits per heavy atom. The zero-order valence-electron chi connectivity index (χ0n) is 12.6. The standard InChI is InChI=1S/C13H24F2N2O3S/c1-3-16-12(18)9-17(4-2)21(19,20)10-11-7-5-6-8-13(11,14)15/h11H,3-10H2,1-2H3,(H,16,18)/t11-/m0/s1. The van der Waals surface area contributed by atoms with E-state index in [1.54, 1.807) is 13.8 Å². The van der Waals surface area contributed by atoms with Gasteiger partial charge in [0.05, 0.1) is 12.3 Å². The topological polar surface area (TPSA) is 66.5 Å². The Balaban J connectivity index is 2.75. The molecule has 1 atom stereocenters. The Labute approximate surface area is 125 Å². The summed E-state index contributed by atoms with van der Waals surface area (Å²) in [6.45, 7) is 3.50. The zero-order chi connectivity index (χ0) is 16.1. The van der Waals surface area contributed by atoms with E-state index in [1.807, 2.05) is 0 Å². The highest BCUT2D eigenvalue weighted by Gasteiger charge is 2.44. The van der Waals surface area contributed by atoms with Crippen LogP contribution in [0.15, 0.2) is 0 Å². The molecule has 0 heterocycles. The van der Waals surface area contributed by atoms with Crippen LogP contribution >= 0.6 is 0 Å². The number of alkyl halides is 2. The molecule has 124 valence electrons. The van der Waals surface area contributed by atoms with E-state index in [0.717, 1.165) is 4.31 Å². The van der Waals surface area contributed by atoms with Crippen LogP contribution in [0.2, 0.25) is 0 Å². The van der Waals surface area contributed by atoms with E-state index in [1.165, 1.54) is 0 Å². The summed E-state index contributed by atoms with van der Waals surface area (Å²) in [4.78, 5) is 11.5. The quantitative estimate of drug-likeness (QED) is 0.773. The van der Waals surface area contributed by atoms with Crippen LogP contribution in [0.4, 0.5) is 8.78 Å². The monoisotopic (exact) mass is 326 g/mol. The molecule has 1 aliphatic carbocycles. The summed E-state index contributed by atoms with van der Waals surface area (Å²) in [6, 6.07) is 0. The average molecular weight is 326 g/mol. The Bertz CT molecular complexity index is 454. The molecule has 21 heavy (non-hydrogen) atoms. The van der Waals surface area contributed by atoms with Crippen LogP contribution in [0.1, 0.15) is 39.5 Å². The van der Waals surface area contributed by atoms with E-state index in [9.17, 15) is 22.0 Å². The van der Waals surface area contributed by atoms with E-state index < -0.39 is 33.5 Å². The molecule has 1 N–H and O–H groups in total. The van der Waals surface area contributed by atoms with Crippen molar-refractivity contribution in [2.45, 2.75) is 45.5 Å². The molecule has 0 aromatic heterocycles. The number of sulfonamides is 1. The maximum Gasteiger partial charge on any atom is 0.251 e. The molecule has 0 unspecified atom stereocenters. The summed E-state index contributed by atoms with van der Waals surface area (Å²) in [5, 5.41) is 2.51. The normalized spacial score (nSPS) is 22.2. The summed E-state index contributed by atoms with van der Waals surface area (Å²) >= 11 is 0. The van der Waals surface area contributed by atoms with Gasteiger partial charge in [0.15, 0.2) is 0 Å². The number of nitrogens with one attached hydrogen (secondary N) is 1. The molecule has 0 saturated heterocycles. The van der Waals surface area contributed by atoms with Crippen LogP contribution in [0.5, 0.6) is 0 Å². The van der Waals surface area contributed by atoms with Gasteiger partial charge in [0.2, 0.25) is 15.9 Å². The second kappa shape index (κ2) is 7.49. The first-order valence-corrected chi connectivity index (χ1v) is 8.96. The lowest BCUT2D eigenvalue weighted by Crippen LogP contribution is -2.45. The summed E-state index contributed by atoms with van der Waals surface area (Å²) in [5.74, 6) is -5.10. The summed E-state index contributed by atoms with van der Waals surface area (Å²) in [5.41, 5.74) is 0. The molecule has 1 aliphatic rings. The molecule has 8 heteroatoms. The number of halogens is 2. The number of carbonyl (C=O) groups excluding carboxylic acids is 1. The largest absolute Gasteiger partial charge is 0.355 e. The average Bonchev–Trinajstić information content (AvgIpc) is 2.38.